The Hall–Kier alpha value is -1.23. The fourth-order valence-electron chi connectivity index (χ4n) is 2.45. The van der Waals surface area contributed by atoms with Crippen LogP contribution in [-0.2, 0) is 11.2 Å². The summed E-state index contributed by atoms with van der Waals surface area (Å²) >= 11 is 0. The second kappa shape index (κ2) is 5.18. The van der Waals surface area contributed by atoms with Gasteiger partial charge in [-0.05, 0) is 39.8 Å². The molecule has 1 aliphatic rings. The summed E-state index contributed by atoms with van der Waals surface area (Å²) in [7, 11) is 0. The summed E-state index contributed by atoms with van der Waals surface area (Å²) in [6.07, 6.45) is 3.77. The van der Waals surface area contributed by atoms with Gasteiger partial charge in [0.05, 0.1) is 6.42 Å². The largest absolute Gasteiger partial charge is 0.317 e. The lowest BCUT2D eigenvalue weighted by atomic mass is 9.76. The molecule has 0 spiro atoms. The van der Waals surface area contributed by atoms with Crippen molar-refractivity contribution in [3.8, 4) is 0 Å². The normalized spacial score (nSPS) is 19.1. The number of carbonyl (C=O) groups excluding carboxylic acids is 1. The number of nitrogens with zero attached hydrogens (tertiary/aromatic N) is 3. The van der Waals surface area contributed by atoms with Crippen LogP contribution in [0, 0.1) is 5.41 Å². The van der Waals surface area contributed by atoms with Gasteiger partial charge in [-0.3, -0.25) is 4.79 Å². The summed E-state index contributed by atoms with van der Waals surface area (Å²) in [5.74, 6) is 1.08. The van der Waals surface area contributed by atoms with E-state index in [9.17, 15) is 4.79 Å². The predicted octanol–water partition coefficient (Wildman–Crippen LogP) is 1.36. The molecule has 100 valence electrons. The van der Waals surface area contributed by atoms with E-state index < -0.39 is 0 Å². The second-order valence-corrected chi connectivity index (χ2v) is 5.63. The van der Waals surface area contributed by atoms with Gasteiger partial charge in [0.25, 0.3) is 0 Å². The average Bonchev–Trinajstić information content (AvgIpc) is 2.78. The van der Waals surface area contributed by atoms with Gasteiger partial charge in [-0.1, -0.05) is 6.92 Å². The van der Waals surface area contributed by atoms with Gasteiger partial charge >= 0.3 is 0 Å². The van der Waals surface area contributed by atoms with Crippen LogP contribution in [0.15, 0.2) is 6.33 Å². The summed E-state index contributed by atoms with van der Waals surface area (Å²) in [6.45, 7) is 8.04. The van der Waals surface area contributed by atoms with Crippen molar-refractivity contribution in [1.82, 2.24) is 20.1 Å². The molecular formula is C13H22N4O. The third kappa shape index (κ3) is 2.61. The molecule has 0 atom stereocenters. The summed E-state index contributed by atoms with van der Waals surface area (Å²) in [4.78, 5) is 16.7. The molecule has 1 fully saturated rings. The average molecular weight is 250 g/mol. The van der Waals surface area contributed by atoms with E-state index in [0.717, 1.165) is 31.8 Å². The standard InChI is InChI=1S/C13H22N4O/c1-10(2)17-12(15-9-16-17)8-11(18)13(3)4-6-14-7-5-13/h9-10,14H,4-8H2,1-3H3. The van der Waals surface area contributed by atoms with Gasteiger partial charge in [-0.2, -0.15) is 5.10 Å². The van der Waals surface area contributed by atoms with Gasteiger partial charge < -0.3 is 5.32 Å². The molecule has 0 amide bonds. The molecule has 0 saturated carbocycles. The molecule has 2 rings (SSSR count). The lowest BCUT2D eigenvalue weighted by Crippen LogP contribution is -2.41. The molecule has 0 bridgehead atoms. The molecule has 1 aliphatic heterocycles. The first-order valence-corrected chi connectivity index (χ1v) is 6.65. The van der Waals surface area contributed by atoms with Gasteiger partial charge in [0, 0.05) is 11.5 Å². The molecule has 18 heavy (non-hydrogen) atoms. The monoisotopic (exact) mass is 250 g/mol. The lowest BCUT2D eigenvalue weighted by Gasteiger charge is -2.32. The zero-order valence-corrected chi connectivity index (χ0v) is 11.4. The third-order valence-corrected chi connectivity index (χ3v) is 3.84. The van der Waals surface area contributed by atoms with Crippen molar-refractivity contribution >= 4 is 5.78 Å². The predicted molar refractivity (Wildman–Crippen MR) is 69.3 cm³/mol. The minimum atomic E-state index is -0.195. The van der Waals surface area contributed by atoms with Crippen molar-refractivity contribution in [3.63, 3.8) is 0 Å². The van der Waals surface area contributed by atoms with Crippen molar-refractivity contribution in [2.45, 2.75) is 46.1 Å². The highest BCUT2D eigenvalue weighted by atomic mass is 16.1. The highest BCUT2D eigenvalue weighted by Crippen LogP contribution is 2.30. The summed E-state index contributed by atoms with van der Waals surface area (Å²) < 4.78 is 1.84. The smallest absolute Gasteiger partial charge is 0.146 e. The van der Waals surface area contributed by atoms with E-state index in [-0.39, 0.29) is 11.5 Å². The Morgan fingerprint density at radius 2 is 2.17 bits per heavy atom. The van der Waals surface area contributed by atoms with Crippen LogP contribution in [-0.4, -0.2) is 33.6 Å². The minimum absolute atomic E-state index is 0.195. The first-order valence-electron chi connectivity index (χ1n) is 6.65. The molecule has 5 heteroatoms. The van der Waals surface area contributed by atoms with Gasteiger partial charge in [-0.15, -0.1) is 0 Å². The quantitative estimate of drug-likeness (QED) is 0.876. The Bertz CT molecular complexity index is 418. The van der Waals surface area contributed by atoms with Crippen molar-refractivity contribution in [2.75, 3.05) is 13.1 Å². The van der Waals surface area contributed by atoms with E-state index in [0.29, 0.717) is 12.2 Å². The zero-order valence-electron chi connectivity index (χ0n) is 11.4. The van der Waals surface area contributed by atoms with Gasteiger partial charge in [0.15, 0.2) is 0 Å². The number of carbonyl (C=O) groups is 1. The number of hydrogen-bond acceptors (Lipinski definition) is 4. The molecule has 0 aromatic carbocycles. The van der Waals surface area contributed by atoms with E-state index in [1.165, 1.54) is 6.33 Å². The van der Waals surface area contributed by atoms with E-state index in [4.69, 9.17) is 0 Å². The van der Waals surface area contributed by atoms with Gasteiger partial charge in [0.1, 0.15) is 17.9 Å². The summed E-state index contributed by atoms with van der Waals surface area (Å²) in [6, 6.07) is 0.246. The van der Waals surface area contributed by atoms with Crippen LogP contribution in [0.1, 0.15) is 45.5 Å². The van der Waals surface area contributed by atoms with Gasteiger partial charge in [0.2, 0.25) is 0 Å². The second-order valence-electron chi connectivity index (χ2n) is 5.63. The van der Waals surface area contributed by atoms with Crippen molar-refractivity contribution < 1.29 is 4.79 Å². The maximum atomic E-state index is 12.5. The molecule has 5 nitrogen and oxygen atoms in total. The van der Waals surface area contributed by atoms with Crippen LogP contribution >= 0.6 is 0 Å². The van der Waals surface area contributed by atoms with Crippen LogP contribution in [0.5, 0.6) is 0 Å². The highest BCUT2D eigenvalue weighted by Gasteiger charge is 2.34. The third-order valence-electron chi connectivity index (χ3n) is 3.84. The fraction of sp³-hybridized carbons (Fsp3) is 0.769. The maximum absolute atomic E-state index is 12.5. The van der Waals surface area contributed by atoms with Crippen LogP contribution in [0.2, 0.25) is 0 Å². The van der Waals surface area contributed by atoms with Crippen molar-refractivity contribution in [1.29, 1.82) is 0 Å². The Kier molecular flexibility index (Phi) is 3.80. The highest BCUT2D eigenvalue weighted by molar-refractivity contribution is 5.86. The Labute approximate surface area is 108 Å². The molecule has 1 aromatic rings. The van der Waals surface area contributed by atoms with Crippen LogP contribution in [0.3, 0.4) is 0 Å². The minimum Gasteiger partial charge on any atom is -0.317 e. The SMILES string of the molecule is CC(C)n1ncnc1CC(=O)C1(C)CCNCC1. The number of aromatic nitrogens is 3. The topological polar surface area (TPSA) is 59.8 Å². The Balaban J connectivity index is 2.08. The van der Waals surface area contributed by atoms with Crippen LogP contribution in [0.25, 0.3) is 0 Å². The number of Topliss-reactive ketones (excluding diaryl/α,β-unsaturated/α-hetero) is 1. The molecule has 2 heterocycles. The molecular weight excluding hydrogens is 228 g/mol. The number of nitrogens with one attached hydrogen (secondary N) is 1. The molecule has 1 saturated heterocycles. The Morgan fingerprint density at radius 3 is 2.78 bits per heavy atom. The molecule has 0 unspecified atom stereocenters. The fourth-order valence-corrected chi connectivity index (χ4v) is 2.45. The van der Waals surface area contributed by atoms with Crippen LogP contribution < -0.4 is 5.32 Å². The number of rotatable bonds is 4. The van der Waals surface area contributed by atoms with Gasteiger partial charge in [-0.25, -0.2) is 9.67 Å². The van der Waals surface area contributed by atoms with E-state index in [1.54, 1.807) is 0 Å². The number of piperidine rings is 1. The summed E-state index contributed by atoms with van der Waals surface area (Å²) in [5, 5.41) is 7.48. The number of ketones is 1. The zero-order chi connectivity index (χ0) is 13.2. The Morgan fingerprint density at radius 1 is 1.50 bits per heavy atom. The van der Waals surface area contributed by atoms with E-state index in [1.807, 2.05) is 4.68 Å². The maximum Gasteiger partial charge on any atom is 0.146 e. The van der Waals surface area contributed by atoms with Crippen LogP contribution in [0.4, 0.5) is 0 Å². The molecule has 0 radical (unpaired) electrons. The number of hydrogen-bond donors (Lipinski definition) is 1. The van der Waals surface area contributed by atoms with Crippen molar-refractivity contribution in [2.24, 2.45) is 5.41 Å². The van der Waals surface area contributed by atoms with Crippen molar-refractivity contribution in [3.05, 3.63) is 12.2 Å². The van der Waals surface area contributed by atoms with E-state index in [2.05, 4.69) is 36.2 Å². The van der Waals surface area contributed by atoms with E-state index >= 15 is 0 Å². The molecule has 1 aromatic heterocycles. The molecule has 1 N–H and O–H groups in total. The molecule has 0 aliphatic carbocycles. The first kappa shape index (κ1) is 13.2. The summed E-state index contributed by atoms with van der Waals surface area (Å²) in [5.41, 5.74) is -0.195. The lowest BCUT2D eigenvalue weighted by molar-refractivity contribution is -0.128. The first-order chi connectivity index (χ1) is 8.53.